The van der Waals surface area contributed by atoms with Crippen molar-refractivity contribution in [1.29, 1.82) is 0 Å². The van der Waals surface area contributed by atoms with Crippen LogP contribution in [0.4, 0.5) is 5.69 Å². The van der Waals surface area contributed by atoms with E-state index in [1.807, 2.05) is 18.2 Å². The summed E-state index contributed by atoms with van der Waals surface area (Å²) >= 11 is 0. The van der Waals surface area contributed by atoms with Gasteiger partial charge in [-0.25, -0.2) is 0 Å². The topological polar surface area (TPSA) is 75.6 Å². The maximum absolute atomic E-state index is 12.4. The second kappa shape index (κ2) is 6.71. The van der Waals surface area contributed by atoms with Crippen molar-refractivity contribution >= 4 is 17.6 Å². The summed E-state index contributed by atoms with van der Waals surface area (Å²) in [5, 5.41) is 12.5. The normalized spacial score (nSPS) is 19.7. The van der Waals surface area contributed by atoms with E-state index in [4.69, 9.17) is 4.74 Å². The van der Waals surface area contributed by atoms with E-state index in [0.717, 1.165) is 36.8 Å². The van der Waals surface area contributed by atoms with Crippen LogP contribution in [-0.2, 0) is 27.5 Å². The molecular formula is C18H23NO4. The lowest BCUT2D eigenvalue weighted by molar-refractivity contribution is -0.152. The van der Waals surface area contributed by atoms with Crippen molar-refractivity contribution < 1.29 is 19.4 Å². The third kappa shape index (κ3) is 3.55. The Hall–Kier alpha value is -1.88. The Morgan fingerprint density at radius 2 is 1.78 bits per heavy atom. The summed E-state index contributed by atoms with van der Waals surface area (Å²) in [4.78, 5) is 24.2. The Balaban J connectivity index is 1.68. The van der Waals surface area contributed by atoms with Gasteiger partial charge < -0.3 is 15.2 Å². The molecule has 5 heteroatoms. The van der Waals surface area contributed by atoms with Crippen molar-refractivity contribution in [1.82, 2.24) is 0 Å². The third-order valence-electron chi connectivity index (χ3n) is 5.02. The Bertz CT molecular complexity index is 603. The van der Waals surface area contributed by atoms with E-state index in [1.165, 1.54) is 0 Å². The standard InChI is InChI=1S/C18H23NO4/c20-16(10-18(17(21)22)7-3-1-2-4-8-18)19-15-6-5-13-11-23-12-14(13)9-15/h5-6,9H,1-4,7-8,10-12H2,(H,19,20)(H,21,22). The van der Waals surface area contributed by atoms with Crippen molar-refractivity contribution in [3.8, 4) is 0 Å². The molecule has 1 fully saturated rings. The number of carbonyl (C=O) groups excluding carboxylic acids is 1. The highest BCUT2D eigenvalue weighted by molar-refractivity contribution is 5.94. The minimum absolute atomic E-state index is 0.0515. The average Bonchev–Trinajstić information content (AvgIpc) is 2.84. The fraction of sp³-hybridized carbons (Fsp3) is 0.556. The van der Waals surface area contributed by atoms with Gasteiger partial charge >= 0.3 is 5.97 Å². The van der Waals surface area contributed by atoms with Crippen molar-refractivity contribution in [2.24, 2.45) is 5.41 Å². The molecule has 124 valence electrons. The second-order valence-corrected chi connectivity index (χ2v) is 6.70. The van der Waals surface area contributed by atoms with Crippen molar-refractivity contribution in [2.45, 2.75) is 58.2 Å². The van der Waals surface area contributed by atoms with Crippen LogP contribution in [-0.4, -0.2) is 17.0 Å². The number of anilines is 1. The van der Waals surface area contributed by atoms with Gasteiger partial charge in [-0.05, 0) is 36.1 Å². The van der Waals surface area contributed by atoms with Crippen LogP contribution in [0.15, 0.2) is 18.2 Å². The SMILES string of the molecule is O=C(CC1(C(=O)O)CCCCCC1)Nc1ccc2c(c1)COC2. The van der Waals surface area contributed by atoms with E-state index in [0.29, 0.717) is 31.7 Å². The van der Waals surface area contributed by atoms with E-state index >= 15 is 0 Å². The molecule has 1 aromatic rings. The number of aliphatic carboxylic acids is 1. The van der Waals surface area contributed by atoms with Gasteiger partial charge in [0.15, 0.2) is 0 Å². The van der Waals surface area contributed by atoms with Crippen LogP contribution in [0.1, 0.15) is 56.1 Å². The number of carboxylic acids is 1. The Morgan fingerprint density at radius 1 is 1.09 bits per heavy atom. The summed E-state index contributed by atoms with van der Waals surface area (Å²) in [6, 6.07) is 5.73. The predicted molar refractivity (Wildman–Crippen MR) is 86.0 cm³/mol. The summed E-state index contributed by atoms with van der Waals surface area (Å²) in [6.07, 6.45) is 5.12. The summed E-state index contributed by atoms with van der Waals surface area (Å²) in [7, 11) is 0. The zero-order chi connectivity index (χ0) is 16.3. The first-order valence-electron chi connectivity index (χ1n) is 8.32. The first kappa shape index (κ1) is 16.0. The first-order valence-corrected chi connectivity index (χ1v) is 8.32. The highest BCUT2D eigenvalue weighted by atomic mass is 16.5. The summed E-state index contributed by atoms with van der Waals surface area (Å²) in [6.45, 7) is 1.18. The predicted octanol–water partition coefficient (Wildman–Crippen LogP) is 3.47. The molecule has 1 aliphatic heterocycles. The number of ether oxygens (including phenoxy) is 1. The lowest BCUT2D eigenvalue weighted by Crippen LogP contribution is -2.35. The number of carboxylic acid groups (broad SMARTS) is 1. The molecule has 1 amide bonds. The third-order valence-corrected chi connectivity index (χ3v) is 5.02. The van der Waals surface area contributed by atoms with Gasteiger partial charge in [-0.2, -0.15) is 0 Å². The molecular weight excluding hydrogens is 294 g/mol. The lowest BCUT2D eigenvalue weighted by atomic mass is 9.77. The van der Waals surface area contributed by atoms with E-state index in [9.17, 15) is 14.7 Å². The van der Waals surface area contributed by atoms with Gasteiger partial charge in [-0.15, -0.1) is 0 Å². The highest BCUT2D eigenvalue weighted by Crippen LogP contribution is 2.38. The molecule has 0 aromatic heterocycles. The molecule has 0 unspecified atom stereocenters. The maximum atomic E-state index is 12.4. The van der Waals surface area contributed by atoms with Crippen LogP contribution in [0.2, 0.25) is 0 Å². The zero-order valence-corrected chi connectivity index (χ0v) is 13.3. The van der Waals surface area contributed by atoms with Crippen LogP contribution < -0.4 is 5.32 Å². The van der Waals surface area contributed by atoms with E-state index in [1.54, 1.807) is 0 Å². The first-order chi connectivity index (χ1) is 11.1. The Kier molecular flexibility index (Phi) is 4.66. The van der Waals surface area contributed by atoms with E-state index < -0.39 is 11.4 Å². The number of fused-ring (bicyclic) bond motifs is 1. The number of rotatable bonds is 4. The van der Waals surface area contributed by atoms with E-state index in [-0.39, 0.29) is 12.3 Å². The molecule has 0 saturated heterocycles. The van der Waals surface area contributed by atoms with Crippen molar-refractivity contribution in [3.05, 3.63) is 29.3 Å². The number of hydrogen-bond acceptors (Lipinski definition) is 3. The summed E-state index contributed by atoms with van der Waals surface area (Å²) < 4.78 is 5.37. The molecule has 1 aromatic carbocycles. The zero-order valence-electron chi connectivity index (χ0n) is 13.3. The molecule has 2 aliphatic rings. The number of amides is 1. The minimum Gasteiger partial charge on any atom is -0.481 e. The van der Waals surface area contributed by atoms with Gasteiger partial charge in [-0.3, -0.25) is 9.59 Å². The molecule has 0 bridgehead atoms. The van der Waals surface area contributed by atoms with Gasteiger partial charge in [0.2, 0.25) is 5.91 Å². The number of nitrogens with one attached hydrogen (secondary N) is 1. The molecule has 3 rings (SSSR count). The smallest absolute Gasteiger partial charge is 0.310 e. The molecule has 23 heavy (non-hydrogen) atoms. The molecule has 1 saturated carbocycles. The van der Waals surface area contributed by atoms with Crippen LogP contribution in [0.25, 0.3) is 0 Å². The molecule has 2 N–H and O–H groups in total. The van der Waals surface area contributed by atoms with Gasteiger partial charge in [-0.1, -0.05) is 31.7 Å². The Labute approximate surface area is 136 Å². The van der Waals surface area contributed by atoms with Crippen LogP contribution in [0, 0.1) is 5.41 Å². The van der Waals surface area contributed by atoms with Crippen molar-refractivity contribution in [3.63, 3.8) is 0 Å². The number of carbonyl (C=O) groups is 2. The fourth-order valence-corrected chi connectivity index (χ4v) is 3.63. The van der Waals surface area contributed by atoms with Gasteiger partial charge in [0.1, 0.15) is 0 Å². The van der Waals surface area contributed by atoms with Gasteiger partial charge in [0.05, 0.1) is 18.6 Å². The maximum Gasteiger partial charge on any atom is 0.310 e. The molecule has 0 atom stereocenters. The lowest BCUT2D eigenvalue weighted by Gasteiger charge is -2.27. The molecule has 0 spiro atoms. The highest BCUT2D eigenvalue weighted by Gasteiger charge is 2.40. The summed E-state index contributed by atoms with van der Waals surface area (Å²) in [5.74, 6) is -1.05. The number of benzene rings is 1. The largest absolute Gasteiger partial charge is 0.481 e. The molecule has 1 heterocycles. The minimum atomic E-state index is -0.902. The van der Waals surface area contributed by atoms with Crippen molar-refractivity contribution in [2.75, 3.05) is 5.32 Å². The number of hydrogen-bond donors (Lipinski definition) is 2. The Morgan fingerprint density at radius 3 is 2.48 bits per heavy atom. The fourth-order valence-electron chi connectivity index (χ4n) is 3.63. The second-order valence-electron chi connectivity index (χ2n) is 6.70. The average molecular weight is 317 g/mol. The van der Waals surface area contributed by atoms with Crippen LogP contribution in [0.3, 0.4) is 0 Å². The molecule has 5 nitrogen and oxygen atoms in total. The quantitative estimate of drug-likeness (QED) is 0.834. The van der Waals surface area contributed by atoms with E-state index in [2.05, 4.69) is 5.32 Å². The van der Waals surface area contributed by atoms with Crippen LogP contribution in [0.5, 0.6) is 0 Å². The van der Waals surface area contributed by atoms with Crippen LogP contribution >= 0.6 is 0 Å². The molecule has 0 radical (unpaired) electrons. The van der Waals surface area contributed by atoms with Gasteiger partial charge in [0, 0.05) is 12.1 Å². The monoisotopic (exact) mass is 317 g/mol. The molecule has 1 aliphatic carbocycles. The van der Waals surface area contributed by atoms with Gasteiger partial charge in [0.25, 0.3) is 0 Å². The summed E-state index contributed by atoms with van der Waals surface area (Å²) in [5.41, 5.74) is 2.05.